The van der Waals surface area contributed by atoms with E-state index in [2.05, 4.69) is 23.5 Å². The molecule has 2 aromatic rings. The van der Waals surface area contributed by atoms with Crippen molar-refractivity contribution in [3.8, 4) is 0 Å². The zero-order chi connectivity index (χ0) is 22.0. The highest BCUT2D eigenvalue weighted by atomic mass is 32.2. The summed E-state index contributed by atoms with van der Waals surface area (Å²) < 4.78 is 39.9. The molecule has 0 unspecified atom stereocenters. The number of hydrogen-bond acceptors (Lipinski definition) is 3. The molecule has 1 aliphatic heterocycles. The third-order valence-corrected chi connectivity index (χ3v) is 8.31. The van der Waals surface area contributed by atoms with E-state index in [0.717, 1.165) is 18.4 Å². The van der Waals surface area contributed by atoms with Crippen molar-refractivity contribution >= 4 is 15.9 Å². The number of amides is 1. The number of carbonyl (C=O) groups excluding carboxylic acids is 1. The molecular weight excluding hydrogens is 415 g/mol. The number of nitrogens with one attached hydrogen (secondary N) is 1. The quantitative estimate of drug-likeness (QED) is 0.738. The summed E-state index contributed by atoms with van der Waals surface area (Å²) in [5.41, 5.74) is 4.48. The topological polar surface area (TPSA) is 66.5 Å². The van der Waals surface area contributed by atoms with Crippen molar-refractivity contribution in [3.05, 3.63) is 70.5 Å². The summed E-state index contributed by atoms with van der Waals surface area (Å²) in [7, 11) is -3.49. The second-order valence-corrected chi connectivity index (χ2v) is 10.6. The molecule has 2 aromatic carbocycles. The summed E-state index contributed by atoms with van der Waals surface area (Å²) in [5, 5.41) is 3.11. The number of carbonyl (C=O) groups is 1. The maximum atomic E-state index is 13.1. The molecule has 0 bridgehead atoms. The van der Waals surface area contributed by atoms with Crippen molar-refractivity contribution < 1.29 is 17.6 Å². The Kier molecular flexibility index (Phi) is 6.44. The van der Waals surface area contributed by atoms with Crippen molar-refractivity contribution in [3.63, 3.8) is 0 Å². The molecule has 31 heavy (non-hydrogen) atoms. The van der Waals surface area contributed by atoms with Crippen molar-refractivity contribution in [2.75, 3.05) is 13.1 Å². The number of halogens is 1. The van der Waals surface area contributed by atoms with Crippen LogP contribution in [-0.2, 0) is 33.4 Å². The average Bonchev–Trinajstić information content (AvgIpc) is 3.23. The molecule has 166 valence electrons. The van der Waals surface area contributed by atoms with Crippen LogP contribution in [0, 0.1) is 11.7 Å². The van der Waals surface area contributed by atoms with E-state index in [1.807, 2.05) is 6.92 Å². The molecule has 7 heteroatoms. The summed E-state index contributed by atoms with van der Waals surface area (Å²) >= 11 is 0. The molecule has 1 heterocycles. The van der Waals surface area contributed by atoms with E-state index in [9.17, 15) is 17.6 Å². The zero-order valence-corrected chi connectivity index (χ0v) is 18.6. The van der Waals surface area contributed by atoms with Gasteiger partial charge < -0.3 is 5.32 Å². The number of fused-ring (bicyclic) bond motifs is 1. The standard InChI is InChI=1S/C24H29FN2O3S/c1-17(21-8-7-19-3-2-4-22(19)15-21)26-24(28)20-11-13-27(14-12-20)31(29,30)16-18-5-9-23(25)10-6-18/h5-10,15,17,20H,2-4,11-14,16H2,1H3,(H,26,28)/t17-/m0/s1. The highest BCUT2D eigenvalue weighted by Gasteiger charge is 2.31. The van der Waals surface area contributed by atoms with Crippen LogP contribution in [0.15, 0.2) is 42.5 Å². The Hall–Kier alpha value is -2.25. The van der Waals surface area contributed by atoms with E-state index >= 15 is 0 Å². The summed E-state index contributed by atoms with van der Waals surface area (Å²) in [6.45, 7) is 2.65. The normalized spacial score (nSPS) is 18.5. The van der Waals surface area contributed by atoms with Gasteiger partial charge in [-0.15, -0.1) is 0 Å². The monoisotopic (exact) mass is 444 g/mol. The first-order chi connectivity index (χ1) is 14.8. The van der Waals surface area contributed by atoms with Crippen molar-refractivity contribution in [1.29, 1.82) is 0 Å². The molecular formula is C24H29FN2O3S. The van der Waals surface area contributed by atoms with Crippen molar-refractivity contribution in [2.24, 2.45) is 5.92 Å². The lowest BCUT2D eigenvalue weighted by atomic mass is 9.96. The van der Waals surface area contributed by atoms with Crippen LogP contribution in [0.4, 0.5) is 4.39 Å². The first-order valence-corrected chi connectivity index (χ1v) is 12.6. The molecule has 0 radical (unpaired) electrons. The maximum absolute atomic E-state index is 13.1. The highest BCUT2D eigenvalue weighted by Crippen LogP contribution is 2.27. The fourth-order valence-electron chi connectivity index (χ4n) is 4.55. The number of hydrogen-bond donors (Lipinski definition) is 1. The van der Waals surface area contributed by atoms with Gasteiger partial charge in [0.15, 0.2) is 0 Å². The minimum Gasteiger partial charge on any atom is -0.349 e. The van der Waals surface area contributed by atoms with Gasteiger partial charge in [-0.25, -0.2) is 17.1 Å². The first-order valence-electron chi connectivity index (χ1n) is 11.0. The third kappa shape index (κ3) is 5.15. The Balaban J connectivity index is 1.30. The van der Waals surface area contributed by atoms with E-state index < -0.39 is 10.0 Å². The first kappa shape index (κ1) is 22.0. The van der Waals surface area contributed by atoms with Crippen LogP contribution >= 0.6 is 0 Å². The molecule has 2 aliphatic rings. The predicted molar refractivity (Wildman–Crippen MR) is 118 cm³/mol. The number of piperidine rings is 1. The average molecular weight is 445 g/mol. The molecule has 4 rings (SSSR count). The minimum absolute atomic E-state index is 0.0106. The molecule has 1 N–H and O–H groups in total. The van der Waals surface area contributed by atoms with Crippen LogP contribution < -0.4 is 5.32 Å². The number of aryl methyl sites for hydroxylation is 2. The van der Waals surface area contributed by atoms with E-state index in [1.165, 1.54) is 46.1 Å². The van der Waals surface area contributed by atoms with Crippen LogP contribution in [0.5, 0.6) is 0 Å². The van der Waals surface area contributed by atoms with Crippen molar-refractivity contribution in [1.82, 2.24) is 9.62 Å². The van der Waals surface area contributed by atoms with E-state index in [4.69, 9.17) is 0 Å². The fourth-order valence-corrected chi connectivity index (χ4v) is 6.12. The lowest BCUT2D eigenvalue weighted by Gasteiger charge is -2.31. The number of sulfonamides is 1. The van der Waals surface area contributed by atoms with E-state index in [-0.39, 0.29) is 29.4 Å². The summed E-state index contributed by atoms with van der Waals surface area (Å²) in [6, 6.07) is 11.9. The second-order valence-electron chi connectivity index (χ2n) is 8.67. The molecule has 1 fully saturated rings. The van der Waals surface area contributed by atoms with Crippen LogP contribution in [0.3, 0.4) is 0 Å². The van der Waals surface area contributed by atoms with Crippen LogP contribution in [0.2, 0.25) is 0 Å². The molecule has 0 saturated carbocycles. The van der Waals surface area contributed by atoms with Gasteiger partial charge in [0.25, 0.3) is 0 Å². The lowest BCUT2D eigenvalue weighted by molar-refractivity contribution is -0.126. The molecule has 1 amide bonds. The molecule has 1 atom stereocenters. The number of nitrogens with zero attached hydrogens (tertiary/aromatic N) is 1. The highest BCUT2D eigenvalue weighted by molar-refractivity contribution is 7.88. The molecule has 1 aliphatic carbocycles. The van der Waals surface area contributed by atoms with E-state index in [0.29, 0.717) is 31.5 Å². The van der Waals surface area contributed by atoms with Crippen LogP contribution in [0.1, 0.15) is 54.5 Å². The van der Waals surface area contributed by atoms with Gasteiger partial charge in [-0.3, -0.25) is 4.79 Å². The van der Waals surface area contributed by atoms with Gasteiger partial charge in [-0.1, -0.05) is 30.3 Å². The molecule has 0 spiro atoms. The summed E-state index contributed by atoms with van der Waals surface area (Å²) in [6.07, 6.45) is 4.45. The van der Waals surface area contributed by atoms with Crippen LogP contribution in [-0.4, -0.2) is 31.7 Å². The van der Waals surface area contributed by atoms with Gasteiger partial charge >= 0.3 is 0 Å². The second kappa shape index (κ2) is 9.09. The lowest BCUT2D eigenvalue weighted by Crippen LogP contribution is -2.43. The van der Waals surface area contributed by atoms with Gasteiger partial charge in [0.1, 0.15) is 5.82 Å². The Morgan fingerprint density at radius 3 is 2.48 bits per heavy atom. The van der Waals surface area contributed by atoms with Crippen LogP contribution in [0.25, 0.3) is 0 Å². The number of benzene rings is 2. The molecule has 0 aromatic heterocycles. The smallest absolute Gasteiger partial charge is 0.223 e. The van der Waals surface area contributed by atoms with Gasteiger partial charge in [0, 0.05) is 19.0 Å². The van der Waals surface area contributed by atoms with E-state index in [1.54, 1.807) is 0 Å². The Bertz CT molecular complexity index is 1040. The molecule has 5 nitrogen and oxygen atoms in total. The fraction of sp³-hybridized carbons (Fsp3) is 0.458. The third-order valence-electron chi connectivity index (χ3n) is 6.46. The molecule has 1 saturated heterocycles. The Morgan fingerprint density at radius 1 is 1.10 bits per heavy atom. The summed E-state index contributed by atoms with van der Waals surface area (Å²) in [4.78, 5) is 12.8. The van der Waals surface area contributed by atoms with Gasteiger partial charge in [-0.05, 0) is 73.4 Å². The zero-order valence-electron chi connectivity index (χ0n) is 17.8. The predicted octanol–water partition coefficient (Wildman–Crippen LogP) is 3.73. The largest absolute Gasteiger partial charge is 0.349 e. The number of rotatable bonds is 6. The summed E-state index contributed by atoms with van der Waals surface area (Å²) in [5.74, 6) is -0.737. The minimum atomic E-state index is -3.49. The SMILES string of the molecule is C[C@H](NC(=O)C1CCN(S(=O)(=O)Cc2ccc(F)cc2)CC1)c1ccc2c(c1)CCC2. The van der Waals surface area contributed by atoms with Gasteiger partial charge in [-0.2, -0.15) is 0 Å². The maximum Gasteiger partial charge on any atom is 0.223 e. The Morgan fingerprint density at radius 2 is 1.77 bits per heavy atom. The Labute approximate surface area is 183 Å². The van der Waals surface area contributed by atoms with Crippen molar-refractivity contribution in [2.45, 2.75) is 50.8 Å². The van der Waals surface area contributed by atoms with Gasteiger partial charge in [0.05, 0.1) is 11.8 Å². The van der Waals surface area contributed by atoms with Gasteiger partial charge in [0.2, 0.25) is 15.9 Å².